The van der Waals surface area contributed by atoms with Gasteiger partial charge in [-0.05, 0) is 192 Å². The average molecular weight is 1790 g/mol. The number of rotatable bonds is 11. The van der Waals surface area contributed by atoms with Crippen LogP contribution in [-0.2, 0) is 0 Å². The van der Waals surface area contributed by atoms with E-state index < -0.39 is 0 Å². The molecule has 0 N–H and O–H groups in total. The maximum Gasteiger partial charge on any atom is 0.138 e. The van der Waals surface area contributed by atoms with Crippen LogP contribution in [0, 0.1) is 0 Å². The molecule has 0 aliphatic heterocycles. The van der Waals surface area contributed by atoms with Crippen molar-refractivity contribution in [1.82, 2.24) is 41.5 Å². The standard InChI is InChI=1S/2C48H31N3.C35H23N3/c1-3-17-33(18-4-1)50-44-28-13-9-24-38(44)41-31-40(46-39-25-10-14-29-45(39)51(48(46)47(41)50)34-19-5-2-6-20-34)32-16-15-21-35(30-32)49-42-26-11-7-22-36(42)37-23-8-12-27-43(37)49;1-3-15-33(16-4-1)50-44-25-13-9-21-38(44)41-31-40(46-39-22-10-14-26-45(39)51(48(46)47(41)50)34-17-5-2-6-18-34)32-27-29-35(30-28-32)49-42-23-11-7-19-36(42)37-20-8-12-24-43(37)49;1-3-12-24(13-4-1)30-18-11-21-33(36-30)38-32-20-10-8-17-27(32)29-23-22-28-26-16-7-9-19-31(26)37(34(28)35(29)38)25-14-5-2-6-15-25/h2*1-31H;1-23H. The first-order valence-corrected chi connectivity index (χ1v) is 48.0. The lowest BCUT2D eigenvalue weighted by atomic mass is 9.96. The Morgan fingerprint density at radius 3 is 0.743 bits per heavy atom. The fourth-order valence-corrected chi connectivity index (χ4v) is 22.9. The molecule has 0 atom stereocenters. The summed E-state index contributed by atoms with van der Waals surface area (Å²) in [7, 11) is 0. The van der Waals surface area contributed by atoms with Crippen LogP contribution in [0.5, 0.6) is 0 Å². The van der Waals surface area contributed by atoms with E-state index in [1.54, 1.807) is 0 Å². The lowest BCUT2D eigenvalue weighted by Crippen LogP contribution is -2.01. The highest BCUT2D eigenvalue weighted by Gasteiger charge is 2.30. The molecule has 9 heteroatoms. The predicted octanol–water partition coefficient (Wildman–Crippen LogP) is 34.2. The Hall–Kier alpha value is -18.8. The largest absolute Gasteiger partial charge is 0.309 e. The first kappa shape index (κ1) is 79.7. The summed E-state index contributed by atoms with van der Waals surface area (Å²) in [6.07, 6.45) is 0. The van der Waals surface area contributed by atoms with Gasteiger partial charge >= 0.3 is 0 Å². The molecule has 30 aromatic rings. The molecule has 0 aliphatic rings. The van der Waals surface area contributed by atoms with Gasteiger partial charge in [0.25, 0.3) is 0 Å². The lowest BCUT2D eigenvalue weighted by Gasteiger charge is -2.15. The summed E-state index contributed by atoms with van der Waals surface area (Å²) in [6.45, 7) is 0. The van der Waals surface area contributed by atoms with E-state index in [9.17, 15) is 0 Å². The van der Waals surface area contributed by atoms with E-state index in [4.69, 9.17) is 4.98 Å². The zero-order valence-corrected chi connectivity index (χ0v) is 76.1. The first-order chi connectivity index (χ1) is 69.6. The Labute approximate surface area is 805 Å². The molecule has 9 heterocycles. The van der Waals surface area contributed by atoms with Gasteiger partial charge < -0.3 is 32.0 Å². The molecule has 30 rings (SSSR count). The summed E-state index contributed by atoms with van der Waals surface area (Å²) in [6, 6.07) is 186. The number of aromatic nitrogens is 9. The summed E-state index contributed by atoms with van der Waals surface area (Å²) >= 11 is 0. The minimum Gasteiger partial charge on any atom is -0.309 e. The van der Waals surface area contributed by atoms with Gasteiger partial charge in [-0.2, -0.15) is 0 Å². The molecule has 140 heavy (non-hydrogen) atoms. The Kier molecular flexibility index (Phi) is 18.5. The van der Waals surface area contributed by atoms with Crippen molar-refractivity contribution in [2.45, 2.75) is 0 Å². The van der Waals surface area contributed by atoms with Crippen molar-refractivity contribution in [2.75, 3.05) is 0 Å². The first-order valence-electron chi connectivity index (χ1n) is 48.0. The minimum absolute atomic E-state index is 0.912. The van der Waals surface area contributed by atoms with Gasteiger partial charge in [0.1, 0.15) is 5.82 Å². The summed E-state index contributed by atoms with van der Waals surface area (Å²) < 4.78 is 19.4. The Bertz CT molecular complexity index is 10100. The van der Waals surface area contributed by atoms with Crippen LogP contribution < -0.4 is 0 Å². The summed E-state index contributed by atoms with van der Waals surface area (Å²) in [5.41, 5.74) is 34.1. The highest BCUT2D eigenvalue weighted by molar-refractivity contribution is 6.31. The smallest absolute Gasteiger partial charge is 0.138 e. The zero-order valence-electron chi connectivity index (χ0n) is 76.1. The van der Waals surface area contributed by atoms with E-state index in [-0.39, 0.29) is 0 Å². The van der Waals surface area contributed by atoms with Crippen molar-refractivity contribution >= 4 is 174 Å². The van der Waals surface area contributed by atoms with Crippen LogP contribution >= 0.6 is 0 Å². The van der Waals surface area contributed by atoms with Crippen LogP contribution in [0.3, 0.4) is 0 Å². The molecule has 654 valence electrons. The predicted molar refractivity (Wildman–Crippen MR) is 588 cm³/mol. The molecule has 21 aromatic carbocycles. The van der Waals surface area contributed by atoms with Crippen LogP contribution in [-0.4, -0.2) is 41.5 Å². The number of hydrogen-bond acceptors (Lipinski definition) is 1. The summed E-state index contributed by atoms with van der Waals surface area (Å²) in [5, 5.41) is 19.9. The zero-order chi connectivity index (χ0) is 92.0. The second-order valence-corrected chi connectivity index (χ2v) is 36.3. The monoisotopic (exact) mass is 1780 g/mol. The maximum absolute atomic E-state index is 5.20. The molecule has 0 saturated carbocycles. The van der Waals surface area contributed by atoms with Crippen molar-refractivity contribution in [3.8, 4) is 79.1 Å². The van der Waals surface area contributed by atoms with Crippen LogP contribution in [0.1, 0.15) is 0 Å². The highest BCUT2D eigenvalue weighted by atomic mass is 15.1. The molecule has 9 nitrogen and oxygen atoms in total. The van der Waals surface area contributed by atoms with Crippen molar-refractivity contribution in [1.29, 1.82) is 0 Å². The topological polar surface area (TPSA) is 52.3 Å². The van der Waals surface area contributed by atoms with E-state index >= 15 is 0 Å². The Morgan fingerprint density at radius 1 is 0.129 bits per heavy atom. The molecular formula is C131H85N9. The lowest BCUT2D eigenvalue weighted by molar-refractivity contribution is 1.08. The molecule has 9 aromatic heterocycles. The normalized spacial score (nSPS) is 11.9. The fraction of sp³-hybridized carbons (Fsp3) is 0. The third-order valence-corrected chi connectivity index (χ3v) is 28.7. The Balaban J connectivity index is 0.000000104. The second kappa shape index (κ2) is 32.5. The van der Waals surface area contributed by atoms with Crippen molar-refractivity contribution in [2.24, 2.45) is 0 Å². The Morgan fingerprint density at radius 2 is 0.371 bits per heavy atom. The third kappa shape index (κ3) is 12.4. The number of hydrogen-bond donors (Lipinski definition) is 0. The van der Waals surface area contributed by atoms with Gasteiger partial charge in [-0.15, -0.1) is 0 Å². The molecule has 0 aliphatic carbocycles. The molecule has 0 fully saturated rings. The molecule has 0 bridgehead atoms. The van der Waals surface area contributed by atoms with Crippen LogP contribution in [0.2, 0.25) is 0 Å². The number of para-hydroxylation sites is 15. The van der Waals surface area contributed by atoms with Crippen LogP contribution in [0.15, 0.2) is 516 Å². The van der Waals surface area contributed by atoms with Crippen molar-refractivity contribution in [3.05, 3.63) is 516 Å². The van der Waals surface area contributed by atoms with Gasteiger partial charge in [-0.3, -0.25) is 4.57 Å². The average Bonchev–Trinajstić information content (AvgIpc) is 1.54. The number of benzene rings is 21. The fourth-order valence-electron chi connectivity index (χ4n) is 22.9. The summed E-state index contributed by atoms with van der Waals surface area (Å²) in [4.78, 5) is 5.20. The van der Waals surface area contributed by atoms with E-state index in [0.29, 0.717) is 0 Å². The van der Waals surface area contributed by atoms with Crippen molar-refractivity contribution < 1.29 is 0 Å². The van der Waals surface area contributed by atoms with E-state index in [1.165, 1.54) is 191 Å². The van der Waals surface area contributed by atoms with Gasteiger partial charge in [0, 0.05) is 132 Å². The van der Waals surface area contributed by atoms with Gasteiger partial charge in [0.2, 0.25) is 0 Å². The van der Waals surface area contributed by atoms with Crippen LogP contribution in [0.25, 0.3) is 254 Å². The number of nitrogens with zero attached hydrogens (tertiary/aromatic N) is 9. The molecule has 0 amide bonds. The third-order valence-electron chi connectivity index (χ3n) is 28.7. The van der Waals surface area contributed by atoms with E-state index in [2.05, 4.69) is 546 Å². The SMILES string of the molecule is c1ccc(-c2cccc(-n3c4ccccc4c4ccc5c6ccccc6n(-c6ccccc6)c5c43)n2)cc1.c1ccc(-n2c3ccccc3c3cc(-c4ccc(-n5c6ccccc6c6ccccc65)cc4)c4c5ccccc5n(-c5ccccc5)c4c32)cc1.c1ccc(-n2c3ccccc3c3cc(-c4cccc(-n5c6ccccc6c6ccccc65)c4)c4c5ccccc5n(-c5ccccc5)c4c32)cc1. The molecule has 0 saturated heterocycles. The van der Waals surface area contributed by atoms with Crippen LogP contribution in [0.4, 0.5) is 0 Å². The highest BCUT2D eigenvalue weighted by Crippen LogP contribution is 2.51. The minimum atomic E-state index is 0.912. The molecule has 0 unspecified atom stereocenters. The quantitative estimate of drug-likeness (QED) is 0.127. The van der Waals surface area contributed by atoms with Gasteiger partial charge in [0.05, 0.1) is 94.0 Å². The molecule has 0 spiro atoms. The van der Waals surface area contributed by atoms with Gasteiger partial charge in [-0.25, -0.2) is 4.98 Å². The number of fused-ring (bicyclic) bond motifs is 27. The van der Waals surface area contributed by atoms with Gasteiger partial charge in [0.15, 0.2) is 0 Å². The van der Waals surface area contributed by atoms with E-state index in [1.807, 2.05) is 6.07 Å². The number of pyridine rings is 1. The maximum atomic E-state index is 5.20. The van der Waals surface area contributed by atoms with Gasteiger partial charge in [-0.1, -0.05) is 346 Å². The van der Waals surface area contributed by atoms with Crippen molar-refractivity contribution in [3.63, 3.8) is 0 Å². The molecule has 0 radical (unpaired) electrons. The molecular weight excluding hydrogens is 1700 g/mol. The van der Waals surface area contributed by atoms with E-state index in [0.717, 1.165) is 62.4 Å². The summed E-state index contributed by atoms with van der Waals surface area (Å²) in [5.74, 6) is 0.912. The second-order valence-electron chi connectivity index (χ2n) is 36.3.